The Labute approximate surface area is 136 Å². The molecule has 1 N–H and O–H groups in total. The van der Waals surface area contributed by atoms with Crippen LogP contribution < -0.4 is 5.32 Å². The highest BCUT2D eigenvalue weighted by Gasteiger charge is 2.30. The van der Waals surface area contributed by atoms with Gasteiger partial charge in [0.25, 0.3) is 5.91 Å². The van der Waals surface area contributed by atoms with Gasteiger partial charge in [-0.1, -0.05) is 12.1 Å². The van der Waals surface area contributed by atoms with E-state index < -0.39 is 23.6 Å². The minimum Gasteiger partial charge on any atom is -0.465 e. The van der Waals surface area contributed by atoms with Gasteiger partial charge >= 0.3 is 12.1 Å². The minimum atomic E-state index is -4.43. The van der Waals surface area contributed by atoms with Crippen LogP contribution in [0.5, 0.6) is 0 Å². The summed E-state index contributed by atoms with van der Waals surface area (Å²) >= 11 is 0. The van der Waals surface area contributed by atoms with E-state index >= 15 is 0 Å². The van der Waals surface area contributed by atoms with Gasteiger partial charge in [-0.15, -0.1) is 0 Å². The SMILES string of the molecule is COC(=O)c1ccc(C(=O)NCc2cccc(C(F)(F)F)c2)cc1. The number of ether oxygens (including phenoxy) is 1. The Balaban J connectivity index is 2.02. The van der Waals surface area contributed by atoms with Crippen LogP contribution in [0.25, 0.3) is 0 Å². The Morgan fingerprint density at radius 2 is 1.67 bits per heavy atom. The van der Waals surface area contributed by atoms with Gasteiger partial charge in [0.2, 0.25) is 0 Å². The smallest absolute Gasteiger partial charge is 0.416 e. The third kappa shape index (κ3) is 4.34. The lowest BCUT2D eigenvalue weighted by Crippen LogP contribution is -2.23. The molecule has 0 saturated heterocycles. The molecule has 0 spiro atoms. The monoisotopic (exact) mass is 337 g/mol. The van der Waals surface area contributed by atoms with Crippen molar-refractivity contribution in [2.24, 2.45) is 0 Å². The van der Waals surface area contributed by atoms with E-state index in [4.69, 9.17) is 0 Å². The number of benzene rings is 2. The molecule has 0 aliphatic rings. The molecule has 126 valence electrons. The third-order valence-electron chi connectivity index (χ3n) is 3.28. The normalized spacial score (nSPS) is 11.0. The highest BCUT2D eigenvalue weighted by atomic mass is 19.4. The molecule has 0 heterocycles. The number of carbonyl (C=O) groups excluding carboxylic acids is 2. The molecule has 0 unspecified atom stereocenters. The molecule has 24 heavy (non-hydrogen) atoms. The van der Waals surface area contributed by atoms with E-state index in [9.17, 15) is 22.8 Å². The fourth-order valence-electron chi connectivity index (χ4n) is 2.02. The van der Waals surface area contributed by atoms with Crippen molar-refractivity contribution in [1.29, 1.82) is 0 Å². The van der Waals surface area contributed by atoms with Crippen molar-refractivity contribution in [1.82, 2.24) is 5.32 Å². The first-order valence-corrected chi connectivity index (χ1v) is 6.94. The number of esters is 1. The molecular formula is C17H14F3NO3. The van der Waals surface area contributed by atoms with Gasteiger partial charge in [0, 0.05) is 12.1 Å². The molecule has 0 saturated carbocycles. The van der Waals surface area contributed by atoms with Crippen molar-refractivity contribution in [3.8, 4) is 0 Å². The van der Waals surface area contributed by atoms with Crippen molar-refractivity contribution >= 4 is 11.9 Å². The maximum absolute atomic E-state index is 12.6. The molecule has 2 aromatic carbocycles. The lowest BCUT2D eigenvalue weighted by molar-refractivity contribution is -0.137. The van der Waals surface area contributed by atoms with Crippen LogP contribution in [-0.2, 0) is 17.5 Å². The largest absolute Gasteiger partial charge is 0.465 e. The molecule has 0 aliphatic heterocycles. The van der Waals surface area contributed by atoms with Gasteiger partial charge in [0.1, 0.15) is 0 Å². The average molecular weight is 337 g/mol. The maximum atomic E-state index is 12.6. The van der Waals surface area contributed by atoms with Gasteiger partial charge in [0.15, 0.2) is 0 Å². The molecule has 0 fully saturated rings. The van der Waals surface area contributed by atoms with E-state index in [1.165, 1.54) is 43.5 Å². The highest BCUT2D eigenvalue weighted by Crippen LogP contribution is 2.29. The molecule has 4 nitrogen and oxygen atoms in total. The molecule has 0 radical (unpaired) electrons. The number of amides is 1. The second-order valence-electron chi connectivity index (χ2n) is 4.95. The van der Waals surface area contributed by atoms with Crippen LogP contribution >= 0.6 is 0 Å². The summed E-state index contributed by atoms with van der Waals surface area (Å²) in [5.41, 5.74) is 0.155. The molecule has 1 amide bonds. The van der Waals surface area contributed by atoms with Gasteiger partial charge in [-0.3, -0.25) is 4.79 Å². The molecule has 2 aromatic rings. The van der Waals surface area contributed by atoms with Crippen molar-refractivity contribution in [2.75, 3.05) is 7.11 Å². The van der Waals surface area contributed by atoms with Crippen LogP contribution in [0.1, 0.15) is 31.8 Å². The maximum Gasteiger partial charge on any atom is 0.416 e. The van der Waals surface area contributed by atoms with Crippen LogP contribution in [0.3, 0.4) is 0 Å². The first-order valence-electron chi connectivity index (χ1n) is 6.94. The van der Waals surface area contributed by atoms with Crippen molar-refractivity contribution in [3.05, 3.63) is 70.8 Å². The van der Waals surface area contributed by atoms with E-state index in [1.807, 2.05) is 0 Å². The number of halogens is 3. The minimum absolute atomic E-state index is 0.0402. The number of nitrogens with one attached hydrogen (secondary N) is 1. The predicted octanol–water partition coefficient (Wildman–Crippen LogP) is 3.42. The lowest BCUT2D eigenvalue weighted by atomic mass is 10.1. The Kier molecular flexibility index (Phi) is 5.23. The third-order valence-corrected chi connectivity index (χ3v) is 3.28. The van der Waals surface area contributed by atoms with Gasteiger partial charge < -0.3 is 10.1 Å². The fourth-order valence-corrected chi connectivity index (χ4v) is 2.02. The van der Waals surface area contributed by atoms with Crippen LogP contribution in [-0.4, -0.2) is 19.0 Å². The summed E-state index contributed by atoms with van der Waals surface area (Å²) in [5, 5.41) is 2.53. The molecule has 0 aliphatic carbocycles. The second-order valence-corrected chi connectivity index (χ2v) is 4.95. The zero-order valence-electron chi connectivity index (χ0n) is 12.7. The average Bonchev–Trinajstić information content (AvgIpc) is 2.58. The number of hydrogen-bond donors (Lipinski definition) is 1. The Bertz CT molecular complexity index is 739. The van der Waals surface area contributed by atoms with E-state index in [0.717, 1.165) is 12.1 Å². The summed E-state index contributed by atoms with van der Waals surface area (Å²) in [6.45, 7) is -0.0402. The number of methoxy groups -OCH3 is 1. The van der Waals surface area contributed by atoms with Crippen molar-refractivity contribution in [3.63, 3.8) is 0 Å². The van der Waals surface area contributed by atoms with E-state index in [-0.39, 0.29) is 12.1 Å². The zero-order chi connectivity index (χ0) is 17.7. The Morgan fingerprint density at radius 1 is 1.04 bits per heavy atom. The van der Waals surface area contributed by atoms with Crippen LogP contribution in [0.15, 0.2) is 48.5 Å². The quantitative estimate of drug-likeness (QED) is 0.870. The van der Waals surface area contributed by atoms with Crippen LogP contribution in [0, 0.1) is 0 Å². The van der Waals surface area contributed by atoms with Gasteiger partial charge in [-0.2, -0.15) is 13.2 Å². The molecule has 0 atom stereocenters. The zero-order valence-corrected chi connectivity index (χ0v) is 12.7. The number of carbonyl (C=O) groups is 2. The fraction of sp³-hybridized carbons (Fsp3) is 0.176. The van der Waals surface area contributed by atoms with Gasteiger partial charge in [-0.25, -0.2) is 4.79 Å². The van der Waals surface area contributed by atoms with Crippen LogP contribution in [0.4, 0.5) is 13.2 Å². The molecule has 2 rings (SSSR count). The molecule has 7 heteroatoms. The Hall–Kier alpha value is -2.83. The summed E-state index contributed by atoms with van der Waals surface area (Å²) in [6.07, 6.45) is -4.43. The summed E-state index contributed by atoms with van der Waals surface area (Å²) in [4.78, 5) is 23.3. The molecule has 0 aromatic heterocycles. The van der Waals surface area contributed by atoms with Crippen molar-refractivity contribution < 1.29 is 27.5 Å². The van der Waals surface area contributed by atoms with Gasteiger partial charge in [0.05, 0.1) is 18.2 Å². The van der Waals surface area contributed by atoms with E-state index in [2.05, 4.69) is 10.1 Å². The van der Waals surface area contributed by atoms with Crippen LogP contribution in [0.2, 0.25) is 0 Å². The van der Waals surface area contributed by atoms with Crippen molar-refractivity contribution in [2.45, 2.75) is 12.7 Å². The summed E-state index contributed by atoms with van der Waals surface area (Å²) in [5.74, 6) is -0.977. The first kappa shape index (κ1) is 17.5. The first-order chi connectivity index (χ1) is 11.3. The van der Waals surface area contributed by atoms with E-state index in [1.54, 1.807) is 0 Å². The predicted molar refractivity (Wildman–Crippen MR) is 80.4 cm³/mol. The van der Waals surface area contributed by atoms with Gasteiger partial charge in [-0.05, 0) is 42.0 Å². The number of rotatable bonds is 4. The summed E-state index contributed by atoms with van der Waals surface area (Å²) < 4.78 is 42.5. The van der Waals surface area contributed by atoms with E-state index in [0.29, 0.717) is 11.1 Å². The standard InChI is InChI=1S/C17H14F3NO3/c1-24-16(23)13-7-5-12(6-8-13)15(22)21-10-11-3-2-4-14(9-11)17(18,19)20/h2-9H,10H2,1H3,(H,21,22). The Morgan fingerprint density at radius 3 is 2.25 bits per heavy atom. The highest BCUT2D eigenvalue weighted by molar-refractivity contribution is 5.96. The topological polar surface area (TPSA) is 55.4 Å². The lowest BCUT2D eigenvalue weighted by Gasteiger charge is -2.10. The summed E-state index contributed by atoms with van der Waals surface area (Å²) in [7, 11) is 1.25. The number of alkyl halides is 3. The molecular weight excluding hydrogens is 323 g/mol. The second kappa shape index (κ2) is 7.16. The molecule has 0 bridgehead atoms. The summed E-state index contributed by atoms with van der Waals surface area (Å²) in [6, 6.07) is 10.5. The number of hydrogen-bond acceptors (Lipinski definition) is 3.